The summed E-state index contributed by atoms with van der Waals surface area (Å²) in [5.74, 6) is -1.67. The summed E-state index contributed by atoms with van der Waals surface area (Å²) in [6.07, 6.45) is 15.0. The van der Waals surface area contributed by atoms with Crippen LogP contribution in [0.2, 0.25) is 0 Å². The smallest absolute Gasteiger partial charge is 0.170 e. The molecule has 0 saturated heterocycles. The Morgan fingerprint density at radius 3 is 2.12 bits per heavy atom. The number of thiophene rings is 3. The first-order valence-corrected chi connectivity index (χ1v) is 19.2. The van der Waals surface area contributed by atoms with Gasteiger partial charge in [0, 0.05) is 20.2 Å². The van der Waals surface area contributed by atoms with Crippen molar-refractivity contribution in [3.8, 4) is 20.9 Å². The number of aryl methyl sites for hydroxylation is 2. The van der Waals surface area contributed by atoms with Crippen LogP contribution >= 0.6 is 77.6 Å². The summed E-state index contributed by atoms with van der Waals surface area (Å²) in [6.45, 7) is 4.39. The molecule has 0 unspecified atom stereocenters. The molecule has 0 aliphatic heterocycles. The second-order valence-electron chi connectivity index (χ2n) is 10.3. The molecule has 1 aromatic carbocycles. The van der Waals surface area contributed by atoms with Crippen molar-refractivity contribution in [1.82, 2.24) is 8.75 Å². The Bertz CT molecular complexity index is 1680. The van der Waals surface area contributed by atoms with Gasteiger partial charge in [-0.15, -0.1) is 34.0 Å². The molecule has 0 spiro atoms. The van der Waals surface area contributed by atoms with Gasteiger partial charge in [0.05, 0.1) is 30.4 Å². The molecule has 42 heavy (non-hydrogen) atoms. The molecule has 0 N–H and O–H groups in total. The Morgan fingerprint density at radius 1 is 0.786 bits per heavy atom. The molecule has 2 nitrogen and oxygen atoms in total. The van der Waals surface area contributed by atoms with Gasteiger partial charge in [0.2, 0.25) is 0 Å². The van der Waals surface area contributed by atoms with Crippen molar-refractivity contribution in [2.75, 3.05) is 0 Å². The fourth-order valence-corrected chi connectivity index (χ4v) is 10.6. The van der Waals surface area contributed by atoms with Gasteiger partial charge in [0.1, 0.15) is 11.0 Å². The molecule has 10 heteroatoms. The van der Waals surface area contributed by atoms with E-state index >= 15 is 8.78 Å². The molecule has 0 atom stereocenters. The van der Waals surface area contributed by atoms with Crippen molar-refractivity contribution < 1.29 is 8.78 Å². The van der Waals surface area contributed by atoms with E-state index in [1.54, 1.807) is 11.3 Å². The second kappa shape index (κ2) is 15.1. The van der Waals surface area contributed by atoms with Crippen LogP contribution in [0.25, 0.3) is 44.1 Å². The van der Waals surface area contributed by atoms with Crippen LogP contribution in [0.3, 0.4) is 0 Å². The lowest BCUT2D eigenvalue weighted by atomic mass is 9.99. The third-order valence-corrected chi connectivity index (χ3v) is 12.4. The van der Waals surface area contributed by atoms with E-state index in [1.807, 2.05) is 17.5 Å². The average molecular weight is 771 g/mol. The van der Waals surface area contributed by atoms with E-state index in [1.165, 1.54) is 41.9 Å². The number of benzene rings is 1. The lowest BCUT2D eigenvalue weighted by Gasteiger charge is -2.10. The van der Waals surface area contributed by atoms with Gasteiger partial charge in [-0.05, 0) is 98.3 Å². The Labute approximate surface area is 279 Å². The molecule has 0 fully saturated rings. The molecule has 0 bridgehead atoms. The van der Waals surface area contributed by atoms with Crippen LogP contribution in [0.1, 0.15) is 86.8 Å². The zero-order chi connectivity index (χ0) is 29.6. The van der Waals surface area contributed by atoms with E-state index in [4.69, 9.17) is 0 Å². The fraction of sp³-hybridized carbons (Fsp3) is 0.375. The molecule has 4 heterocycles. The Kier molecular flexibility index (Phi) is 11.6. The van der Waals surface area contributed by atoms with E-state index in [-0.39, 0.29) is 11.1 Å². The first-order chi connectivity index (χ1) is 20.4. The monoisotopic (exact) mass is 768 g/mol. The van der Waals surface area contributed by atoms with Crippen LogP contribution in [-0.4, -0.2) is 8.75 Å². The predicted molar refractivity (Wildman–Crippen MR) is 188 cm³/mol. The Hall–Kier alpha value is -1.30. The van der Waals surface area contributed by atoms with Gasteiger partial charge >= 0.3 is 0 Å². The SMILES string of the molecule is CCCCCCc1cc(-c2c(F)c(F)c(-c3sccc3CCCCCC)c3nsnc23)sc1/C=C/c1cc(Br)sc1Br. The summed E-state index contributed by atoms with van der Waals surface area (Å²) < 4.78 is 43.4. The number of halogens is 4. The maximum absolute atomic E-state index is 16.2. The lowest BCUT2D eigenvalue weighted by molar-refractivity contribution is 0.516. The molecule has 0 aliphatic rings. The van der Waals surface area contributed by atoms with Gasteiger partial charge in [-0.25, -0.2) is 8.78 Å². The van der Waals surface area contributed by atoms with Crippen molar-refractivity contribution in [1.29, 1.82) is 0 Å². The standard InChI is InChI=1S/C32H32Br2F2N2S4/c1-3-5-7-9-11-19-15-16-39-31(19)26-28(36)27(35)25(29-30(26)38-42-37-29)23-17-20(12-10-8-6-4-2)22(40-23)14-13-21-18-24(33)41-32(21)34/h13-18H,3-12H2,1-2H3/b14-13+. The van der Waals surface area contributed by atoms with Crippen LogP contribution in [0.5, 0.6) is 0 Å². The van der Waals surface area contributed by atoms with Crippen LogP contribution in [-0.2, 0) is 12.8 Å². The second-order valence-corrected chi connectivity index (χ2v) is 16.6. The van der Waals surface area contributed by atoms with Crippen molar-refractivity contribution in [2.24, 2.45) is 0 Å². The molecular weight excluding hydrogens is 738 g/mol. The minimum Gasteiger partial charge on any atom is -0.203 e. The van der Waals surface area contributed by atoms with Crippen LogP contribution < -0.4 is 0 Å². The van der Waals surface area contributed by atoms with Gasteiger partial charge in [-0.3, -0.25) is 0 Å². The molecule has 5 rings (SSSR count). The van der Waals surface area contributed by atoms with E-state index in [9.17, 15) is 0 Å². The molecular formula is C32H32Br2F2N2S4. The maximum Gasteiger partial charge on any atom is 0.170 e. The molecule has 5 aromatic rings. The summed E-state index contributed by atoms with van der Waals surface area (Å²) >= 11 is 12.8. The highest BCUT2D eigenvalue weighted by molar-refractivity contribution is 9.12. The highest BCUT2D eigenvalue weighted by Crippen LogP contribution is 2.45. The average Bonchev–Trinajstić information content (AvgIpc) is 3.77. The van der Waals surface area contributed by atoms with E-state index < -0.39 is 11.6 Å². The molecule has 4 aromatic heterocycles. The molecule has 0 amide bonds. The number of unbranched alkanes of at least 4 members (excludes halogenated alkanes) is 6. The molecule has 222 valence electrons. The van der Waals surface area contributed by atoms with E-state index in [2.05, 4.69) is 72.7 Å². The van der Waals surface area contributed by atoms with Gasteiger partial charge in [-0.2, -0.15) is 8.75 Å². The zero-order valence-electron chi connectivity index (χ0n) is 23.6. The summed E-state index contributed by atoms with van der Waals surface area (Å²) in [5, 5.41) is 1.97. The number of rotatable bonds is 14. The van der Waals surface area contributed by atoms with Crippen LogP contribution in [0, 0.1) is 11.6 Å². The largest absolute Gasteiger partial charge is 0.203 e. The molecule has 0 radical (unpaired) electrons. The first-order valence-electron chi connectivity index (χ1n) is 14.4. The van der Waals surface area contributed by atoms with E-state index in [0.717, 1.165) is 90.7 Å². The topological polar surface area (TPSA) is 25.8 Å². The fourth-order valence-electron chi connectivity index (χ4n) is 5.15. The van der Waals surface area contributed by atoms with Crippen LogP contribution in [0.4, 0.5) is 8.78 Å². The Balaban J connectivity index is 1.56. The third kappa shape index (κ3) is 7.15. The minimum atomic E-state index is -0.839. The van der Waals surface area contributed by atoms with Crippen molar-refractivity contribution >= 4 is 101 Å². The molecule has 0 saturated carbocycles. The first kappa shape index (κ1) is 32.1. The quantitative estimate of drug-likeness (QED) is 0.105. The van der Waals surface area contributed by atoms with Gasteiger partial charge < -0.3 is 0 Å². The number of fused-ring (bicyclic) bond motifs is 1. The number of hydrogen-bond acceptors (Lipinski definition) is 6. The lowest BCUT2D eigenvalue weighted by Crippen LogP contribution is -1.97. The highest BCUT2D eigenvalue weighted by Gasteiger charge is 2.28. The third-order valence-electron chi connectivity index (χ3n) is 7.35. The summed E-state index contributed by atoms with van der Waals surface area (Å²) in [6, 6.07) is 6.15. The number of aromatic nitrogens is 2. The van der Waals surface area contributed by atoms with Crippen molar-refractivity contribution in [3.63, 3.8) is 0 Å². The van der Waals surface area contributed by atoms with Crippen LogP contribution in [0.15, 0.2) is 31.2 Å². The Morgan fingerprint density at radius 2 is 1.45 bits per heavy atom. The van der Waals surface area contributed by atoms with Gasteiger partial charge in [0.25, 0.3) is 0 Å². The highest BCUT2D eigenvalue weighted by atomic mass is 79.9. The van der Waals surface area contributed by atoms with E-state index in [0.29, 0.717) is 15.9 Å². The summed E-state index contributed by atoms with van der Waals surface area (Å²) in [5.41, 5.74) is 4.66. The van der Waals surface area contributed by atoms with Gasteiger partial charge in [0.15, 0.2) is 11.6 Å². The minimum absolute atomic E-state index is 0.222. The number of hydrogen-bond donors (Lipinski definition) is 0. The predicted octanol–water partition coefficient (Wildman–Crippen LogP) is 13.4. The molecule has 0 aliphatic carbocycles. The zero-order valence-corrected chi connectivity index (χ0v) is 30.0. The number of nitrogens with zero attached hydrogens (tertiary/aromatic N) is 2. The van der Waals surface area contributed by atoms with Crippen molar-refractivity contribution in [3.05, 3.63) is 64.4 Å². The summed E-state index contributed by atoms with van der Waals surface area (Å²) in [7, 11) is 0. The van der Waals surface area contributed by atoms with Crippen molar-refractivity contribution in [2.45, 2.75) is 78.1 Å². The van der Waals surface area contributed by atoms with Gasteiger partial charge in [-0.1, -0.05) is 58.4 Å². The summed E-state index contributed by atoms with van der Waals surface area (Å²) in [4.78, 5) is 2.52. The normalized spacial score (nSPS) is 12.0. The maximum atomic E-state index is 16.2.